The van der Waals surface area contributed by atoms with E-state index in [4.69, 9.17) is 4.74 Å². The van der Waals surface area contributed by atoms with Gasteiger partial charge in [-0.1, -0.05) is 62.4 Å². The molecule has 0 aliphatic carbocycles. The van der Waals surface area contributed by atoms with Gasteiger partial charge in [-0.3, -0.25) is 0 Å². The Kier molecular flexibility index (Phi) is 4.03. The van der Waals surface area contributed by atoms with E-state index in [-0.39, 0.29) is 0 Å². The topological polar surface area (TPSA) is 9.23 Å². The third-order valence-electron chi connectivity index (χ3n) is 3.01. The van der Waals surface area contributed by atoms with Gasteiger partial charge in [0.25, 0.3) is 0 Å². The second-order valence-electron chi connectivity index (χ2n) is 4.96. The Labute approximate surface area is 109 Å². The number of hydrogen-bond donors (Lipinski definition) is 0. The van der Waals surface area contributed by atoms with Crippen LogP contribution in [0.4, 0.5) is 0 Å². The van der Waals surface area contributed by atoms with Crippen molar-refractivity contribution in [1.82, 2.24) is 0 Å². The fourth-order valence-corrected chi connectivity index (χ4v) is 2.27. The summed E-state index contributed by atoms with van der Waals surface area (Å²) in [6, 6.07) is 16.8. The molecule has 0 radical (unpaired) electrons. The highest BCUT2D eigenvalue weighted by Gasteiger charge is 2.11. The molecular formula is C17H20O. The summed E-state index contributed by atoms with van der Waals surface area (Å²) in [4.78, 5) is 0. The van der Waals surface area contributed by atoms with Gasteiger partial charge < -0.3 is 4.74 Å². The van der Waals surface area contributed by atoms with E-state index in [0.717, 1.165) is 12.2 Å². The minimum absolute atomic E-state index is 0.630. The fraction of sp³-hybridized carbons (Fsp3) is 0.294. The first-order valence-electron chi connectivity index (χ1n) is 6.43. The number of methoxy groups -OCH3 is 1. The molecule has 0 spiro atoms. The number of rotatable bonds is 4. The highest BCUT2D eigenvalue weighted by molar-refractivity contribution is 5.72. The van der Waals surface area contributed by atoms with Gasteiger partial charge in [0.2, 0.25) is 0 Å². The molecular weight excluding hydrogens is 220 g/mol. The van der Waals surface area contributed by atoms with Gasteiger partial charge >= 0.3 is 0 Å². The molecule has 0 aliphatic rings. The maximum atomic E-state index is 5.63. The van der Waals surface area contributed by atoms with Crippen LogP contribution in [-0.4, -0.2) is 7.11 Å². The van der Waals surface area contributed by atoms with Gasteiger partial charge in [-0.25, -0.2) is 0 Å². The molecule has 18 heavy (non-hydrogen) atoms. The van der Waals surface area contributed by atoms with Gasteiger partial charge in [0.1, 0.15) is 5.75 Å². The van der Waals surface area contributed by atoms with Crippen molar-refractivity contribution >= 4 is 0 Å². The molecule has 0 bridgehead atoms. The lowest BCUT2D eigenvalue weighted by atomic mass is 9.96. The summed E-state index contributed by atoms with van der Waals surface area (Å²) in [5, 5.41) is 0. The van der Waals surface area contributed by atoms with Gasteiger partial charge in [0.05, 0.1) is 7.11 Å². The first-order valence-corrected chi connectivity index (χ1v) is 6.43. The van der Waals surface area contributed by atoms with Crippen LogP contribution in [0.15, 0.2) is 48.5 Å². The zero-order chi connectivity index (χ0) is 13.0. The predicted molar refractivity (Wildman–Crippen MR) is 77.0 cm³/mol. The van der Waals surface area contributed by atoms with Crippen LogP contribution in [0.1, 0.15) is 19.4 Å². The summed E-state index contributed by atoms with van der Waals surface area (Å²) >= 11 is 0. The van der Waals surface area contributed by atoms with E-state index < -0.39 is 0 Å². The quantitative estimate of drug-likeness (QED) is 0.761. The summed E-state index contributed by atoms with van der Waals surface area (Å²) in [7, 11) is 1.76. The van der Waals surface area contributed by atoms with Crippen LogP contribution >= 0.6 is 0 Å². The highest BCUT2D eigenvalue weighted by Crippen LogP contribution is 2.34. The Bertz CT molecular complexity index is 500. The second-order valence-corrected chi connectivity index (χ2v) is 4.96. The standard InChI is InChI=1S/C17H20O/c1-13(2)12-15-10-7-11-16(17(15)18-3)14-8-5-4-6-9-14/h4-11,13H,12H2,1-3H3. The van der Waals surface area contributed by atoms with Crippen LogP contribution in [0, 0.1) is 5.92 Å². The zero-order valence-electron chi connectivity index (χ0n) is 11.3. The Morgan fingerprint density at radius 1 is 0.944 bits per heavy atom. The van der Waals surface area contributed by atoms with E-state index in [1.807, 2.05) is 6.07 Å². The largest absolute Gasteiger partial charge is 0.496 e. The molecule has 2 aromatic rings. The molecule has 94 valence electrons. The van der Waals surface area contributed by atoms with Crippen molar-refractivity contribution in [3.05, 3.63) is 54.1 Å². The van der Waals surface area contributed by atoms with Crippen LogP contribution < -0.4 is 4.74 Å². The average Bonchev–Trinajstić information content (AvgIpc) is 2.39. The van der Waals surface area contributed by atoms with Crippen molar-refractivity contribution in [3.8, 4) is 16.9 Å². The first-order chi connectivity index (χ1) is 8.72. The van der Waals surface area contributed by atoms with Crippen molar-refractivity contribution in [2.24, 2.45) is 5.92 Å². The molecule has 0 saturated heterocycles. The third-order valence-corrected chi connectivity index (χ3v) is 3.01. The number of ether oxygens (including phenoxy) is 1. The van der Waals surface area contributed by atoms with E-state index in [1.165, 1.54) is 16.7 Å². The maximum Gasteiger partial charge on any atom is 0.129 e. The second kappa shape index (κ2) is 5.72. The summed E-state index contributed by atoms with van der Waals surface area (Å²) in [6.07, 6.45) is 1.05. The molecule has 0 unspecified atom stereocenters. The Morgan fingerprint density at radius 2 is 1.67 bits per heavy atom. The Balaban J connectivity index is 2.48. The van der Waals surface area contributed by atoms with Crippen LogP contribution in [0.25, 0.3) is 11.1 Å². The fourth-order valence-electron chi connectivity index (χ4n) is 2.27. The number of hydrogen-bond acceptors (Lipinski definition) is 1. The van der Waals surface area contributed by atoms with Crippen molar-refractivity contribution in [2.45, 2.75) is 20.3 Å². The van der Waals surface area contributed by atoms with E-state index in [1.54, 1.807) is 7.11 Å². The van der Waals surface area contributed by atoms with Gasteiger partial charge in [0, 0.05) is 5.56 Å². The first kappa shape index (κ1) is 12.7. The molecule has 1 nitrogen and oxygen atoms in total. The lowest BCUT2D eigenvalue weighted by molar-refractivity contribution is 0.408. The maximum absolute atomic E-state index is 5.63. The minimum atomic E-state index is 0.630. The normalized spacial score (nSPS) is 10.7. The Morgan fingerprint density at radius 3 is 2.28 bits per heavy atom. The zero-order valence-corrected chi connectivity index (χ0v) is 11.3. The van der Waals surface area contributed by atoms with E-state index in [9.17, 15) is 0 Å². The molecule has 2 aromatic carbocycles. The van der Waals surface area contributed by atoms with Crippen molar-refractivity contribution in [3.63, 3.8) is 0 Å². The Hall–Kier alpha value is -1.76. The van der Waals surface area contributed by atoms with Crippen molar-refractivity contribution in [1.29, 1.82) is 0 Å². The molecule has 0 aromatic heterocycles. The van der Waals surface area contributed by atoms with Crippen molar-refractivity contribution in [2.75, 3.05) is 7.11 Å². The van der Waals surface area contributed by atoms with Crippen LogP contribution in [-0.2, 0) is 6.42 Å². The van der Waals surface area contributed by atoms with E-state index in [2.05, 4.69) is 56.3 Å². The molecule has 0 N–H and O–H groups in total. The monoisotopic (exact) mass is 240 g/mol. The number of para-hydroxylation sites is 1. The van der Waals surface area contributed by atoms with Gasteiger partial charge in [-0.2, -0.15) is 0 Å². The smallest absolute Gasteiger partial charge is 0.129 e. The number of benzene rings is 2. The van der Waals surface area contributed by atoms with Crippen LogP contribution in [0.5, 0.6) is 5.75 Å². The molecule has 1 heteroatoms. The molecule has 0 saturated carbocycles. The van der Waals surface area contributed by atoms with Gasteiger partial charge in [-0.05, 0) is 23.5 Å². The van der Waals surface area contributed by atoms with Gasteiger partial charge in [0.15, 0.2) is 0 Å². The highest BCUT2D eigenvalue weighted by atomic mass is 16.5. The SMILES string of the molecule is COc1c(CC(C)C)cccc1-c1ccccc1. The minimum Gasteiger partial charge on any atom is -0.496 e. The molecule has 0 amide bonds. The van der Waals surface area contributed by atoms with Gasteiger partial charge in [-0.15, -0.1) is 0 Å². The average molecular weight is 240 g/mol. The lowest BCUT2D eigenvalue weighted by Crippen LogP contribution is -1.99. The predicted octanol–water partition coefficient (Wildman–Crippen LogP) is 4.56. The molecule has 0 aliphatic heterocycles. The van der Waals surface area contributed by atoms with E-state index >= 15 is 0 Å². The molecule has 0 atom stereocenters. The summed E-state index contributed by atoms with van der Waals surface area (Å²) in [6.45, 7) is 4.46. The van der Waals surface area contributed by atoms with Crippen LogP contribution in [0.2, 0.25) is 0 Å². The van der Waals surface area contributed by atoms with Crippen LogP contribution in [0.3, 0.4) is 0 Å². The van der Waals surface area contributed by atoms with E-state index in [0.29, 0.717) is 5.92 Å². The summed E-state index contributed by atoms with van der Waals surface area (Å²) in [5.41, 5.74) is 3.67. The lowest BCUT2D eigenvalue weighted by Gasteiger charge is -2.15. The molecule has 0 heterocycles. The summed E-state index contributed by atoms with van der Waals surface area (Å²) in [5.74, 6) is 1.64. The third kappa shape index (κ3) is 2.73. The van der Waals surface area contributed by atoms with Crippen molar-refractivity contribution < 1.29 is 4.74 Å². The molecule has 0 fully saturated rings. The summed E-state index contributed by atoms with van der Waals surface area (Å²) < 4.78 is 5.63. The molecule has 2 rings (SSSR count).